The van der Waals surface area contributed by atoms with Gasteiger partial charge in [-0.2, -0.15) is 0 Å². The van der Waals surface area contributed by atoms with Crippen molar-refractivity contribution in [1.82, 2.24) is 9.97 Å². The van der Waals surface area contributed by atoms with Crippen LogP contribution in [-0.2, 0) is 4.79 Å². The Hall–Kier alpha value is -1.10. The van der Waals surface area contributed by atoms with Crippen LogP contribution in [0.3, 0.4) is 0 Å². The van der Waals surface area contributed by atoms with E-state index in [0.29, 0.717) is 11.6 Å². The number of thioether (sulfide) groups is 1. The van der Waals surface area contributed by atoms with Crippen LogP contribution in [0.5, 0.6) is 0 Å². The summed E-state index contributed by atoms with van der Waals surface area (Å²) >= 11 is 1.21. The molecule has 0 aliphatic rings. The molecule has 0 radical (unpaired) electrons. The molecule has 16 heavy (non-hydrogen) atoms. The number of carbonyl (C=O) groups is 1. The summed E-state index contributed by atoms with van der Waals surface area (Å²) in [6.07, 6.45) is 4.82. The Morgan fingerprint density at radius 3 is 2.50 bits per heavy atom. The fourth-order valence-electron chi connectivity index (χ4n) is 1.31. The number of aromatic nitrogens is 2. The number of carboxylic acids is 1. The fraction of sp³-hybridized carbons (Fsp3) is 0.545. The molecule has 0 bridgehead atoms. The van der Waals surface area contributed by atoms with Crippen molar-refractivity contribution >= 4 is 17.7 Å². The number of rotatable bonds is 5. The Morgan fingerprint density at radius 1 is 1.50 bits per heavy atom. The van der Waals surface area contributed by atoms with Crippen LogP contribution in [0, 0.1) is 6.92 Å². The first-order valence-corrected chi connectivity index (χ1v) is 6.00. The zero-order valence-corrected chi connectivity index (χ0v) is 10.5. The van der Waals surface area contributed by atoms with E-state index in [2.05, 4.69) is 9.97 Å². The minimum Gasteiger partial charge on any atom is -0.480 e. The Balaban J connectivity index is 2.83. The molecule has 0 spiro atoms. The summed E-state index contributed by atoms with van der Waals surface area (Å²) in [5.74, 6) is -0.816. The average Bonchev–Trinajstić information content (AvgIpc) is 2.22. The third-order valence-electron chi connectivity index (χ3n) is 2.25. The molecule has 1 rings (SSSR count). The van der Waals surface area contributed by atoms with Gasteiger partial charge >= 0.3 is 5.97 Å². The normalized spacial score (nSPS) is 14.4. The van der Waals surface area contributed by atoms with Crippen molar-refractivity contribution in [1.29, 1.82) is 0 Å². The molecule has 1 atom stereocenters. The highest BCUT2D eigenvalue weighted by molar-refractivity contribution is 8.01. The summed E-state index contributed by atoms with van der Waals surface area (Å²) < 4.78 is -0.843. The summed E-state index contributed by atoms with van der Waals surface area (Å²) in [6.45, 7) is 5.58. The molecule has 0 amide bonds. The number of aliphatic carboxylic acids is 1. The lowest BCUT2D eigenvalue weighted by Crippen LogP contribution is -2.31. The minimum atomic E-state index is -0.843. The zero-order valence-electron chi connectivity index (χ0n) is 9.73. The van der Waals surface area contributed by atoms with Crippen LogP contribution in [0.1, 0.15) is 32.3 Å². The van der Waals surface area contributed by atoms with Gasteiger partial charge in [0.15, 0.2) is 5.16 Å². The van der Waals surface area contributed by atoms with Gasteiger partial charge in [-0.1, -0.05) is 25.1 Å². The molecule has 0 aliphatic carbocycles. The second kappa shape index (κ2) is 5.30. The summed E-state index contributed by atoms with van der Waals surface area (Å²) in [4.78, 5) is 19.4. The van der Waals surface area contributed by atoms with Crippen molar-refractivity contribution in [2.75, 3.05) is 0 Å². The predicted molar refractivity (Wildman–Crippen MR) is 63.6 cm³/mol. The number of carboxylic acid groups (broad SMARTS) is 1. The lowest BCUT2D eigenvalue weighted by molar-refractivity contribution is -0.139. The third kappa shape index (κ3) is 3.20. The molecule has 5 heteroatoms. The lowest BCUT2D eigenvalue weighted by atomic mass is 10.1. The minimum absolute atomic E-state index is 0.518. The molecule has 0 fully saturated rings. The van der Waals surface area contributed by atoms with E-state index in [9.17, 15) is 9.90 Å². The van der Waals surface area contributed by atoms with E-state index < -0.39 is 10.7 Å². The summed E-state index contributed by atoms with van der Waals surface area (Å²) in [5.41, 5.74) is 0.969. The third-order valence-corrected chi connectivity index (χ3v) is 3.48. The van der Waals surface area contributed by atoms with E-state index in [1.165, 1.54) is 11.8 Å². The van der Waals surface area contributed by atoms with Gasteiger partial charge in [-0.15, -0.1) is 0 Å². The van der Waals surface area contributed by atoms with E-state index >= 15 is 0 Å². The largest absolute Gasteiger partial charge is 0.480 e. The highest BCUT2D eigenvalue weighted by Gasteiger charge is 2.34. The Bertz CT molecular complexity index is 367. The first-order valence-electron chi connectivity index (χ1n) is 5.19. The number of hydrogen-bond acceptors (Lipinski definition) is 4. The molecule has 1 unspecified atom stereocenters. The highest BCUT2D eigenvalue weighted by Crippen LogP contribution is 2.34. The van der Waals surface area contributed by atoms with Gasteiger partial charge in [0.25, 0.3) is 0 Å². The van der Waals surface area contributed by atoms with Gasteiger partial charge < -0.3 is 5.11 Å². The zero-order chi connectivity index (χ0) is 12.2. The van der Waals surface area contributed by atoms with Crippen LogP contribution in [-0.4, -0.2) is 25.8 Å². The number of nitrogens with zero attached hydrogens (tertiary/aromatic N) is 2. The van der Waals surface area contributed by atoms with Crippen LogP contribution < -0.4 is 0 Å². The summed E-state index contributed by atoms with van der Waals surface area (Å²) in [6, 6.07) is 0. The summed E-state index contributed by atoms with van der Waals surface area (Å²) in [7, 11) is 0. The van der Waals surface area contributed by atoms with Crippen LogP contribution in [0.15, 0.2) is 17.6 Å². The number of aryl methyl sites for hydroxylation is 1. The van der Waals surface area contributed by atoms with Crippen molar-refractivity contribution in [3.63, 3.8) is 0 Å². The number of hydrogen-bond donors (Lipinski definition) is 1. The molecule has 4 nitrogen and oxygen atoms in total. The monoisotopic (exact) mass is 240 g/mol. The van der Waals surface area contributed by atoms with Gasteiger partial charge in [0.1, 0.15) is 4.75 Å². The van der Waals surface area contributed by atoms with Gasteiger partial charge in [0, 0.05) is 12.4 Å². The van der Waals surface area contributed by atoms with Gasteiger partial charge in [-0.25, -0.2) is 9.97 Å². The molecule has 88 valence electrons. The SMILES string of the molecule is CCCC(C)(Sc1ncc(C)cn1)C(=O)O. The molecule has 0 saturated heterocycles. The molecule has 1 N–H and O–H groups in total. The van der Waals surface area contributed by atoms with Crippen molar-refractivity contribution in [2.24, 2.45) is 0 Å². The molecule has 1 aromatic rings. The smallest absolute Gasteiger partial charge is 0.319 e. The average molecular weight is 240 g/mol. The van der Waals surface area contributed by atoms with Crippen LogP contribution in [0.4, 0.5) is 0 Å². The molecular formula is C11H16N2O2S. The maximum Gasteiger partial charge on any atom is 0.319 e. The standard InChI is InChI=1S/C11H16N2O2S/c1-4-5-11(3,9(14)15)16-10-12-6-8(2)7-13-10/h6-7H,4-5H2,1-3H3,(H,14,15). The molecular weight excluding hydrogens is 224 g/mol. The van der Waals surface area contributed by atoms with Gasteiger partial charge in [-0.05, 0) is 25.8 Å². The topological polar surface area (TPSA) is 63.1 Å². The van der Waals surface area contributed by atoms with E-state index in [1.54, 1.807) is 19.3 Å². The van der Waals surface area contributed by atoms with Crippen molar-refractivity contribution in [2.45, 2.75) is 43.5 Å². The first-order chi connectivity index (χ1) is 7.48. The summed E-state index contributed by atoms with van der Waals surface area (Å²) in [5, 5.41) is 9.72. The highest BCUT2D eigenvalue weighted by atomic mass is 32.2. The van der Waals surface area contributed by atoms with E-state index in [4.69, 9.17) is 0 Å². The maximum absolute atomic E-state index is 11.2. The molecule has 0 aromatic carbocycles. The van der Waals surface area contributed by atoms with Gasteiger partial charge in [-0.3, -0.25) is 4.79 Å². The van der Waals surface area contributed by atoms with Crippen LogP contribution >= 0.6 is 11.8 Å². The molecule has 0 saturated carbocycles. The van der Waals surface area contributed by atoms with Crippen LogP contribution in [0.2, 0.25) is 0 Å². The quantitative estimate of drug-likeness (QED) is 0.633. The second-order valence-electron chi connectivity index (χ2n) is 3.93. The molecule has 0 aliphatic heterocycles. The molecule has 1 aromatic heterocycles. The van der Waals surface area contributed by atoms with Gasteiger partial charge in [0.05, 0.1) is 0 Å². The van der Waals surface area contributed by atoms with E-state index in [0.717, 1.165) is 12.0 Å². The van der Waals surface area contributed by atoms with Crippen molar-refractivity contribution in [3.05, 3.63) is 18.0 Å². The predicted octanol–water partition coefficient (Wildman–Crippen LogP) is 2.52. The Kier molecular flexibility index (Phi) is 4.29. The van der Waals surface area contributed by atoms with E-state index in [1.807, 2.05) is 13.8 Å². The Morgan fingerprint density at radius 2 is 2.06 bits per heavy atom. The van der Waals surface area contributed by atoms with Crippen molar-refractivity contribution < 1.29 is 9.90 Å². The fourth-order valence-corrected chi connectivity index (χ4v) is 2.32. The van der Waals surface area contributed by atoms with Crippen molar-refractivity contribution in [3.8, 4) is 0 Å². The van der Waals surface area contributed by atoms with Crippen LogP contribution in [0.25, 0.3) is 0 Å². The van der Waals surface area contributed by atoms with E-state index in [-0.39, 0.29) is 0 Å². The Labute approximate surface area is 99.5 Å². The molecule has 1 heterocycles. The lowest BCUT2D eigenvalue weighted by Gasteiger charge is -2.22. The first kappa shape index (κ1) is 13.0. The second-order valence-corrected chi connectivity index (χ2v) is 5.40. The maximum atomic E-state index is 11.2. The van der Waals surface area contributed by atoms with Gasteiger partial charge in [0.2, 0.25) is 0 Å².